The summed E-state index contributed by atoms with van der Waals surface area (Å²) in [6.07, 6.45) is 2.95. The quantitative estimate of drug-likeness (QED) is 0.584. The van der Waals surface area contributed by atoms with Gasteiger partial charge in [0.15, 0.2) is 5.82 Å². The minimum Gasteiger partial charge on any atom is -0.378 e. The lowest BCUT2D eigenvalue weighted by Gasteiger charge is -2.31. The monoisotopic (exact) mass is 467 g/mol. The van der Waals surface area contributed by atoms with Crippen LogP contribution in [-0.2, 0) is 9.47 Å². The molecule has 2 aromatic heterocycles. The molecule has 5 rings (SSSR count). The minimum atomic E-state index is -0.465. The number of amides is 2. The summed E-state index contributed by atoms with van der Waals surface area (Å²) in [4.78, 5) is 28.6. The number of hydrogen-bond donors (Lipinski definition) is 2. The van der Waals surface area contributed by atoms with Crippen molar-refractivity contribution < 1.29 is 18.7 Å². The van der Waals surface area contributed by atoms with E-state index in [0.717, 1.165) is 0 Å². The van der Waals surface area contributed by atoms with Crippen molar-refractivity contribution in [2.24, 2.45) is 5.73 Å². The summed E-state index contributed by atoms with van der Waals surface area (Å²) in [5.41, 5.74) is 8.41. The average Bonchev–Trinajstić information content (AvgIpc) is 2.87. The third-order valence-electron chi connectivity index (χ3n) is 6.00. The number of fused-ring (bicyclic) bond motifs is 1. The molecular formula is C23H26FN7O3. The number of nitrogens with two attached hydrogens (primary N) is 1. The zero-order valence-electron chi connectivity index (χ0n) is 18.6. The molecule has 2 fully saturated rings. The first-order valence-corrected chi connectivity index (χ1v) is 11.2. The van der Waals surface area contributed by atoms with Crippen molar-refractivity contribution in [2.45, 2.75) is 6.10 Å². The van der Waals surface area contributed by atoms with Crippen LogP contribution >= 0.6 is 0 Å². The van der Waals surface area contributed by atoms with Gasteiger partial charge in [0.1, 0.15) is 11.3 Å². The number of carbonyl (C=O) groups is 1. The number of morpholine rings is 2. The number of halogens is 1. The molecule has 34 heavy (non-hydrogen) atoms. The van der Waals surface area contributed by atoms with Gasteiger partial charge in [0.05, 0.1) is 49.4 Å². The standard InChI is InChI=1S/C23H26FN7O3/c24-17-11-15(1-2-20(17)30-5-8-33-9-6-30)18-12-19-21(27-4-3-26-19)22(29-18)28-13-16-14-31(23(25)32)7-10-34-16/h1-4,11-12,16H,5-10,13-14H2,(H2,25,32)(H,28,29)/t16-/m1/s1. The van der Waals surface area contributed by atoms with E-state index in [1.54, 1.807) is 29.4 Å². The summed E-state index contributed by atoms with van der Waals surface area (Å²) in [5, 5.41) is 3.27. The first-order chi connectivity index (χ1) is 16.6. The van der Waals surface area contributed by atoms with Crippen LogP contribution in [0.4, 0.5) is 20.7 Å². The third kappa shape index (κ3) is 4.70. The van der Waals surface area contributed by atoms with Gasteiger partial charge in [-0.05, 0) is 18.2 Å². The molecular weight excluding hydrogens is 441 g/mol. The maximum atomic E-state index is 15.0. The highest BCUT2D eigenvalue weighted by molar-refractivity contribution is 5.88. The van der Waals surface area contributed by atoms with E-state index in [9.17, 15) is 4.79 Å². The molecule has 10 nitrogen and oxygen atoms in total. The molecule has 2 aliphatic heterocycles. The Morgan fingerprint density at radius 2 is 1.97 bits per heavy atom. The molecule has 0 radical (unpaired) electrons. The fourth-order valence-corrected chi connectivity index (χ4v) is 4.22. The Balaban J connectivity index is 1.40. The van der Waals surface area contributed by atoms with E-state index in [2.05, 4.69) is 15.3 Å². The SMILES string of the molecule is NC(=O)N1CCO[C@H](CNc2nc(-c3ccc(N4CCOCC4)c(F)c3)cc3nccnc23)C1. The van der Waals surface area contributed by atoms with Crippen LogP contribution < -0.4 is 16.0 Å². The van der Waals surface area contributed by atoms with Crippen LogP contribution in [0.15, 0.2) is 36.7 Å². The number of benzene rings is 1. The Kier molecular flexibility index (Phi) is 6.37. The summed E-state index contributed by atoms with van der Waals surface area (Å²) in [5.74, 6) is 0.204. The summed E-state index contributed by atoms with van der Waals surface area (Å²) in [6.45, 7) is 4.16. The molecule has 178 valence electrons. The Labute approximate surface area is 195 Å². The molecule has 11 heteroatoms. The van der Waals surface area contributed by atoms with Gasteiger partial charge >= 0.3 is 6.03 Å². The van der Waals surface area contributed by atoms with E-state index in [1.807, 2.05) is 11.0 Å². The molecule has 2 saturated heterocycles. The van der Waals surface area contributed by atoms with Crippen LogP contribution in [0.2, 0.25) is 0 Å². The lowest BCUT2D eigenvalue weighted by atomic mass is 10.1. The normalized spacial score (nSPS) is 18.8. The number of urea groups is 1. The highest BCUT2D eigenvalue weighted by Crippen LogP contribution is 2.29. The minimum absolute atomic E-state index is 0.247. The van der Waals surface area contributed by atoms with Gasteiger partial charge in [-0.15, -0.1) is 0 Å². The molecule has 2 aliphatic rings. The van der Waals surface area contributed by atoms with Crippen molar-refractivity contribution in [3.05, 3.63) is 42.5 Å². The Morgan fingerprint density at radius 3 is 2.76 bits per heavy atom. The van der Waals surface area contributed by atoms with E-state index in [0.29, 0.717) is 86.3 Å². The molecule has 0 saturated carbocycles. The molecule has 3 N–H and O–H groups in total. The number of anilines is 2. The van der Waals surface area contributed by atoms with E-state index in [-0.39, 0.29) is 11.9 Å². The number of rotatable bonds is 5. The molecule has 1 atom stereocenters. The molecule has 0 bridgehead atoms. The van der Waals surface area contributed by atoms with E-state index >= 15 is 4.39 Å². The molecule has 1 aromatic carbocycles. The summed E-state index contributed by atoms with van der Waals surface area (Å²) >= 11 is 0. The van der Waals surface area contributed by atoms with Crippen molar-refractivity contribution in [1.29, 1.82) is 0 Å². The number of carbonyl (C=O) groups excluding carboxylic acids is 1. The summed E-state index contributed by atoms with van der Waals surface area (Å²) in [7, 11) is 0. The van der Waals surface area contributed by atoms with Gasteiger partial charge in [0.25, 0.3) is 0 Å². The molecule has 0 aliphatic carbocycles. The number of ether oxygens (including phenoxy) is 2. The third-order valence-corrected chi connectivity index (χ3v) is 6.00. The van der Waals surface area contributed by atoms with Gasteiger partial charge in [0.2, 0.25) is 0 Å². The number of nitrogens with one attached hydrogen (secondary N) is 1. The zero-order valence-corrected chi connectivity index (χ0v) is 18.6. The second kappa shape index (κ2) is 9.74. The largest absolute Gasteiger partial charge is 0.378 e. The average molecular weight is 468 g/mol. The fraction of sp³-hybridized carbons (Fsp3) is 0.391. The number of aromatic nitrogens is 3. The van der Waals surface area contributed by atoms with Crippen LogP contribution in [-0.4, -0.2) is 84.5 Å². The predicted octanol–water partition coefficient (Wildman–Crippen LogP) is 1.86. The van der Waals surface area contributed by atoms with Crippen LogP contribution in [0.5, 0.6) is 0 Å². The second-order valence-electron chi connectivity index (χ2n) is 8.20. The van der Waals surface area contributed by atoms with Gasteiger partial charge in [-0.1, -0.05) is 6.07 Å². The van der Waals surface area contributed by atoms with Crippen molar-refractivity contribution >= 4 is 28.6 Å². The highest BCUT2D eigenvalue weighted by atomic mass is 19.1. The Bertz CT molecular complexity index is 1190. The summed E-state index contributed by atoms with van der Waals surface area (Å²) < 4.78 is 26.1. The van der Waals surface area contributed by atoms with E-state index < -0.39 is 6.03 Å². The first-order valence-electron chi connectivity index (χ1n) is 11.2. The van der Waals surface area contributed by atoms with Gasteiger partial charge in [0, 0.05) is 44.1 Å². The van der Waals surface area contributed by atoms with Gasteiger partial charge in [-0.25, -0.2) is 19.2 Å². The highest BCUT2D eigenvalue weighted by Gasteiger charge is 2.23. The number of primary amides is 1. The summed E-state index contributed by atoms with van der Waals surface area (Å²) in [6, 6.07) is 6.46. The second-order valence-corrected chi connectivity index (χ2v) is 8.20. The van der Waals surface area contributed by atoms with Crippen LogP contribution in [0.25, 0.3) is 22.3 Å². The zero-order chi connectivity index (χ0) is 23.5. The number of hydrogen-bond acceptors (Lipinski definition) is 8. The Morgan fingerprint density at radius 1 is 1.15 bits per heavy atom. The van der Waals surface area contributed by atoms with Crippen LogP contribution in [0.3, 0.4) is 0 Å². The van der Waals surface area contributed by atoms with E-state index in [1.165, 1.54) is 6.07 Å². The predicted molar refractivity (Wildman–Crippen MR) is 125 cm³/mol. The van der Waals surface area contributed by atoms with Crippen LogP contribution in [0.1, 0.15) is 0 Å². The van der Waals surface area contributed by atoms with Crippen LogP contribution in [0, 0.1) is 5.82 Å². The Hall–Kier alpha value is -3.57. The van der Waals surface area contributed by atoms with Gasteiger partial charge in [-0.3, -0.25) is 4.98 Å². The lowest BCUT2D eigenvalue weighted by molar-refractivity contribution is -0.00516. The van der Waals surface area contributed by atoms with Gasteiger partial charge < -0.3 is 30.3 Å². The first kappa shape index (κ1) is 22.2. The van der Waals surface area contributed by atoms with Crippen molar-refractivity contribution in [3.63, 3.8) is 0 Å². The number of pyridine rings is 1. The molecule has 0 unspecified atom stereocenters. The molecule has 4 heterocycles. The van der Waals surface area contributed by atoms with Gasteiger partial charge in [-0.2, -0.15) is 0 Å². The van der Waals surface area contributed by atoms with Crippen molar-refractivity contribution in [2.75, 3.05) is 62.8 Å². The topological polar surface area (TPSA) is 119 Å². The molecule has 3 aromatic rings. The van der Waals surface area contributed by atoms with E-state index in [4.69, 9.17) is 20.2 Å². The number of nitrogens with zero attached hydrogens (tertiary/aromatic N) is 5. The maximum absolute atomic E-state index is 15.0. The maximum Gasteiger partial charge on any atom is 0.314 e. The molecule has 2 amide bonds. The smallest absolute Gasteiger partial charge is 0.314 e. The fourth-order valence-electron chi connectivity index (χ4n) is 4.22. The lowest BCUT2D eigenvalue weighted by Crippen LogP contribution is -2.49. The van der Waals surface area contributed by atoms with Crippen molar-refractivity contribution in [1.82, 2.24) is 19.9 Å². The van der Waals surface area contributed by atoms with Crippen molar-refractivity contribution in [3.8, 4) is 11.3 Å². The molecule has 0 spiro atoms.